The maximum absolute atomic E-state index is 12.5. The zero-order valence-corrected chi connectivity index (χ0v) is 15.1. The number of hydrogen-bond acceptors (Lipinski definition) is 2. The summed E-state index contributed by atoms with van der Waals surface area (Å²) in [5.74, 6) is 0.455. The van der Waals surface area contributed by atoms with E-state index in [9.17, 15) is 4.79 Å². The van der Waals surface area contributed by atoms with E-state index >= 15 is 0 Å². The molecule has 2 aromatic carbocycles. The molecule has 1 N–H and O–H groups in total. The molecule has 0 aromatic heterocycles. The summed E-state index contributed by atoms with van der Waals surface area (Å²) >= 11 is 6.89. The van der Waals surface area contributed by atoms with Gasteiger partial charge in [0.1, 0.15) is 5.75 Å². The van der Waals surface area contributed by atoms with Crippen LogP contribution >= 0.6 is 31.9 Å². The van der Waals surface area contributed by atoms with Gasteiger partial charge in [0.15, 0.2) is 0 Å². The number of hydrogen-bond donors (Lipinski definition) is 1. The Kier molecular flexibility index (Phi) is 5.06. The Bertz CT molecular complexity index is 676. The molecular formula is C16H15Br2NO2. The molecule has 3 nitrogen and oxygen atoms in total. The zero-order valence-electron chi connectivity index (χ0n) is 12.0. The van der Waals surface area contributed by atoms with Crippen molar-refractivity contribution in [3.63, 3.8) is 0 Å². The number of benzene rings is 2. The van der Waals surface area contributed by atoms with Crippen LogP contribution in [0.1, 0.15) is 21.5 Å². The highest BCUT2D eigenvalue weighted by Gasteiger charge is 2.14. The Morgan fingerprint density at radius 3 is 2.43 bits per heavy atom. The topological polar surface area (TPSA) is 38.3 Å². The molecule has 2 aromatic rings. The molecule has 0 bridgehead atoms. The van der Waals surface area contributed by atoms with Crippen molar-refractivity contribution >= 4 is 43.5 Å². The maximum atomic E-state index is 12.5. The second-order valence-corrected chi connectivity index (χ2v) is 6.45. The van der Waals surface area contributed by atoms with Gasteiger partial charge in [0.2, 0.25) is 0 Å². The summed E-state index contributed by atoms with van der Waals surface area (Å²) in [6.45, 7) is 3.98. The van der Waals surface area contributed by atoms with Gasteiger partial charge >= 0.3 is 0 Å². The van der Waals surface area contributed by atoms with Crippen LogP contribution in [0.5, 0.6) is 5.75 Å². The smallest absolute Gasteiger partial charge is 0.256 e. The van der Waals surface area contributed by atoms with E-state index in [0.717, 1.165) is 25.8 Å². The normalized spacial score (nSPS) is 10.3. The van der Waals surface area contributed by atoms with E-state index in [-0.39, 0.29) is 5.91 Å². The third kappa shape index (κ3) is 3.66. The van der Waals surface area contributed by atoms with Gasteiger partial charge in [-0.3, -0.25) is 4.79 Å². The lowest BCUT2D eigenvalue weighted by Gasteiger charge is -2.13. The van der Waals surface area contributed by atoms with Crippen LogP contribution in [0.15, 0.2) is 39.3 Å². The van der Waals surface area contributed by atoms with Crippen molar-refractivity contribution in [2.45, 2.75) is 13.8 Å². The van der Waals surface area contributed by atoms with Gasteiger partial charge < -0.3 is 10.1 Å². The quantitative estimate of drug-likeness (QED) is 0.762. The number of aryl methyl sites for hydroxylation is 2. The lowest BCUT2D eigenvalue weighted by molar-refractivity contribution is 0.102. The number of methoxy groups -OCH3 is 1. The minimum atomic E-state index is -0.187. The minimum Gasteiger partial charge on any atom is -0.497 e. The number of carbonyl (C=O) groups excluding carboxylic acids is 1. The highest BCUT2D eigenvalue weighted by Crippen LogP contribution is 2.29. The molecule has 0 aliphatic heterocycles. The number of nitrogens with one attached hydrogen (secondary N) is 1. The van der Waals surface area contributed by atoms with Gasteiger partial charge in [-0.25, -0.2) is 0 Å². The molecule has 0 radical (unpaired) electrons. The van der Waals surface area contributed by atoms with Crippen molar-refractivity contribution in [2.75, 3.05) is 12.4 Å². The third-order valence-corrected chi connectivity index (χ3v) is 4.41. The van der Waals surface area contributed by atoms with Crippen molar-refractivity contribution in [1.82, 2.24) is 0 Å². The van der Waals surface area contributed by atoms with Crippen molar-refractivity contribution in [1.29, 1.82) is 0 Å². The first-order valence-electron chi connectivity index (χ1n) is 6.34. The first-order chi connectivity index (χ1) is 9.92. The third-order valence-electron chi connectivity index (χ3n) is 3.09. The van der Waals surface area contributed by atoms with E-state index in [0.29, 0.717) is 11.3 Å². The monoisotopic (exact) mass is 411 g/mol. The standard InChI is InChI=1S/C16H15Br2NO2/c1-9-6-10(2)15(14(18)7-9)19-16(20)12-8-11(21-3)4-5-13(12)17/h4-8H,1-3H3,(H,19,20). The van der Waals surface area contributed by atoms with E-state index < -0.39 is 0 Å². The molecule has 0 unspecified atom stereocenters. The highest BCUT2D eigenvalue weighted by atomic mass is 79.9. The van der Waals surface area contributed by atoms with Crippen LogP contribution in [0.4, 0.5) is 5.69 Å². The molecular weight excluding hydrogens is 398 g/mol. The Balaban J connectivity index is 2.35. The number of rotatable bonds is 3. The number of halogens is 2. The van der Waals surface area contributed by atoms with Crippen molar-refractivity contribution in [3.8, 4) is 5.75 Å². The van der Waals surface area contributed by atoms with Crippen molar-refractivity contribution in [3.05, 3.63) is 56.0 Å². The van der Waals surface area contributed by atoms with E-state index in [1.54, 1.807) is 25.3 Å². The molecule has 0 spiro atoms. The van der Waals surface area contributed by atoms with E-state index in [1.165, 1.54) is 0 Å². The molecule has 0 fully saturated rings. The first-order valence-corrected chi connectivity index (χ1v) is 7.92. The maximum Gasteiger partial charge on any atom is 0.256 e. The Morgan fingerprint density at radius 2 is 1.81 bits per heavy atom. The molecule has 0 heterocycles. The summed E-state index contributed by atoms with van der Waals surface area (Å²) in [7, 11) is 1.58. The van der Waals surface area contributed by atoms with E-state index in [2.05, 4.69) is 37.2 Å². The molecule has 21 heavy (non-hydrogen) atoms. The van der Waals surface area contributed by atoms with Gasteiger partial charge in [-0.2, -0.15) is 0 Å². The number of amides is 1. The van der Waals surface area contributed by atoms with Crippen LogP contribution in [0.25, 0.3) is 0 Å². The predicted molar refractivity (Wildman–Crippen MR) is 92.3 cm³/mol. The summed E-state index contributed by atoms with van der Waals surface area (Å²) in [6.07, 6.45) is 0. The first kappa shape index (κ1) is 16.0. The van der Waals surface area contributed by atoms with Gasteiger partial charge in [-0.15, -0.1) is 0 Å². The fourth-order valence-electron chi connectivity index (χ4n) is 2.06. The summed E-state index contributed by atoms with van der Waals surface area (Å²) < 4.78 is 6.76. The van der Waals surface area contributed by atoms with Crippen LogP contribution in [0.3, 0.4) is 0 Å². The number of carbonyl (C=O) groups is 1. The van der Waals surface area contributed by atoms with Crippen LogP contribution < -0.4 is 10.1 Å². The van der Waals surface area contributed by atoms with Gasteiger partial charge in [-0.05, 0) is 81.1 Å². The highest BCUT2D eigenvalue weighted by molar-refractivity contribution is 9.11. The molecule has 2 rings (SSSR count). The van der Waals surface area contributed by atoms with Crippen molar-refractivity contribution < 1.29 is 9.53 Å². The molecule has 0 aliphatic carbocycles. The molecule has 1 amide bonds. The largest absolute Gasteiger partial charge is 0.497 e. The van der Waals surface area contributed by atoms with Gasteiger partial charge in [-0.1, -0.05) is 6.07 Å². The average Bonchev–Trinajstić information content (AvgIpc) is 2.43. The second-order valence-electron chi connectivity index (χ2n) is 4.74. The lowest BCUT2D eigenvalue weighted by Crippen LogP contribution is -2.14. The predicted octanol–water partition coefficient (Wildman–Crippen LogP) is 5.09. The van der Waals surface area contributed by atoms with E-state index in [4.69, 9.17) is 4.74 Å². The zero-order chi connectivity index (χ0) is 15.6. The molecule has 0 atom stereocenters. The summed E-state index contributed by atoms with van der Waals surface area (Å²) in [6, 6.07) is 9.31. The Morgan fingerprint density at radius 1 is 1.10 bits per heavy atom. The Hall–Kier alpha value is -1.33. The molecule has 5 heteroatoms. The second kappa shape index (κ2) is 6.62. The van der Waals surface area contributed by atoms with Gasteiger partial charge in [0.05, 0.1) is 18.4 Å². The number of ether oxygens (including phenoxy) is 1. The van der Waals surface area contributed by atoms with Crippen LogP contribution in [-0.2, 0) is 0 Å². The fourth-order valence-corrected chi connectivity index (χ4v) is 3.26. The molecule has 0 saturated carbocycles. The fraction of sp³-hybridized carbons (Fsp3) is 0.188. The number of anilines is 1. The van der Waals surface area contributed by atoms with Crippen LogP contribution in [-0.4, -0.2) is 13.0 Å². The SMILES string of the molecule is COc1ccc(Br)c(C(=O)Nc2c(C)cc(C)cc2Br)c1. The molecule has 0 aliphatic rings. The van der Waals surface area contributed by atoms with Crippen molar-refractivity contribution in [2.24, 2.45) is 0 Å². The average molecular weight is 413 g/mol. The Labute approximate surface area is 141 Å². The van der Waals surface area contributed by atoms with E-state index in [1.807, 2.05) is 26.0 Å². The van der Waals surface area contributed by atoms with Crippen LogP contribution in [0.2, 0.25) is 0 Å². The summed E-state index contributed by atoms with van der Waals surface area (Å²) in [4.78, 5) is 12.5. The summed E-state index contributed by atoms with van der Waals surface area (Å²) in [5, 5.41) is 2.94. The minimum absolute atomic E-state index is 0.187. The lowest BCUT2D eigenvalue weighted by atomic mass is 10.1. The van der Waals surface area contributed by atoms with Gasteiger partial charge in [0.25, 0.3) is 5.91 Å². The molecule has 110 valence electrons. The van der Waals surface area contributed by atoms with Gasteiger partial charge in [0, 0.05) is 8.95 Å². The van der Waals surface area contributed by atoms with Crippen LogP contribution in [0, 0.1) is 13.8 Å². The summed E-state index contributed by atoms with van der Waals surface area (Å²) in [5.41, 5.74) is 3.45. The molecule has 0 saturated heterocycles.